The monoisotopic (exact) mass is 478 g/mol. The van der Waals surface area contributed by atoms with Crippen molar-refractivity contribution in [1.29, 1.82) is 0 Å². The fourth-order valence-electron chi connectivity index (χ4n) is 3.93. The van der Waals surface area contributed by atoms with Crippen LogP contribution in [0.25, 0.3) is 0 Å². The maximum absolute atomic E-state index is 15.0. The van der Waals surface area contributed by atoms with Gasteiger partial charge in [0.05, 0.1) is 46.1 Å². The Kier molecular flexibility index (Phi) is 6.37. The molecule has 2 aliphatic heterocycles. The van der Waals surface area contributed by atoms with Gasteiger partial charge in [-0.3, -0.25) is 14.6 Å². The molecule has 3 amide bonds. The van der Waals surface area contributed by atoms with Crippen LogP contribution in [0.2, 0.25) is 0 Å². The van der Waals surface area contributed by atoms with Crippen LogP contribution in [0.1, 0.15) is 12.5 Å². The Bertz CT molecular complexity index is 1110. The number of fused-ring (bicyclic) bond motifs is 1. The Morgan fingerprint density at radius 2 is 1.82 bits per heavy atom. The second-order valence-corrected chi connectivity index (χ2v) is 7.82. The van der Waals surface area contributed by atoms with E-state index in [0.717, 1.165) is 11.0 Å². The molecule has 2 aromatic rings. The van der Waals surface area contributed by atoms with E-state index in [1.54, 1.807) is 0 Å². The van der Waals surface area contributed by atoms with Crippen molar-refractivity contribution < 1.29 is 32.6 Å². The first-order valence-electron chi connectivity index (χ1n) is 10.4. The quantitative estimate of drug-likeness (QED) is 0.644. The Labute approximate surface area is 194 Å². The van der Waals surface area contributed by atoms with Crippen LogP contribution in [-0.2, 0) is 16.1 Å². The van der Waals surface area contributed by atoms with Crippen LogP contribution in [-0.4, -0.2) is 68.5 Å². The van der Waals surface area contributed by atoms with Crippen molar-refractivity contribution in [2.45, 2.75) is 25.6 Å². The van der Waals surface area contributed by atoms with Crippen LogP contribution in [0.4, 0.5) is 31.0 Å². The minimum Gasteiger partial charge on any atom is -0.493 e. The van der Waals surface area contributed by atoms with E-state index < -0.39 is 23.4 Å². The summed E-state index contributed by atoms with van der Waals surface area (Å²) in [7, 11) is 3.90. The van der Waals surface area contributed by atoms with Gasteiger partial charge in [0.25, 0.3) is 0 Å². The van der Waals surface area contributed by atoms with Crippen molar-refractivity contribution in [1.82, 2.24) is 15.3 Å². The van der Waals surface area contributed by atoms with Crippen molar-refractivity contribution in [3.8, 4) is 11.5 Å². The lowest BCUT2D eigenvalue weighted by Crippen LogP contribution is -2.47. The minimum absolute atomic E-state index is 0.177. The van der Waals surface area contributed by atoms with Gasteiger partial charge in [-0.05, 0) is 0 Å². The highest BCUT2D eigenvalue weighted by molar-refractivity contribution is 6.05. The molecule has 0 bridgehead atoms. The predicted octanol–water partition coefficient (Wildman–Crippen LogP) is 1.66. The number of anilines is 3. The first-order chi connectivity index (χ1) is 16.2. The summed E-state index contributed by atoms with van der Waals surface area (Å²) in [5, 5.41) is 5.91. The van der Waals surface area contributed by atoms with E-state index in [4.69, 9.17) is 14.2 Å². The van der Waals surface area contributed by atoms with E-state index in [1.165, 1.54) is 39.3 Å². The number of nitrogens with one attached hydrogen (secondary N) is 2. The number of hydrogen-bond donors (Lipinski definition) is 2. The maximum atomic E-state index is 15.0. The topological polar surface area (TPSA) is 118 Å². The van der Waals surface area contributed by atoms with Crippen molar-refractivity contribution in [2.24, 2.45) is 0 Å². The molecule has 1 fully saturated rings. The summed E-state index contributed by atoms with van der Waals surface area (Å²) >= 11 is 0. The smallest absolute Gasteiger partial charge is 0.330 e. The van der Waals surface area contributed by atoms with Crippen LogP contribution in [0.5, 0.6) is 11.5 Å². The molecule has 2 aliphatic rings. The van der Waals surface area contributed by atoms with Crippen molar-refractivity contribution in [3.63, 3.8) is 0 Å². The number of benzene rings is 1. The lowest BCUT2D eigenvalue weighted by molar-refractivity contribution is -0.119. The second-order valence-electron chi connectivity index (χ2n) is 7.82. The van der Waals surface area contributed by atoms with Gasteiger partial charge in [0.1, 0.15) is 11.5 Å². The van der Waals surface area contributed by atoms with Crippen LogP contribution in [0, 0.1) is 11.6 Å². The number of hydrogen-bond acceptors (Lipinski definition) is 8. The van der Waals surface area contributed by atoms with E-state index in [1.807, 2.05) is 0 Å². The first kappa shape index (κ1) is 23.4. The highest BCUT2D eigenvalue weighted by Crippen LogP contribution is 2.40. The minimum atomic E-state index is -1.03. The molecule has 1 saturated heterocycles. The van der Waals surface area contributed by atoms with Gasteiger partial charge in [0.15, 0.2) is 23.1 Å². The summed E-state index contributed by atoms with van der Waals surface area (Å²) in [6.07, 6.45) is 1.47. The molecule has 0 spiro atoms. The summed E-state index contributed by atoms with van der Waals surface area (Å²) in [4.78, 5) is 35.3. The molecule has 1 aromatic heterocycles. The van der Waals surface area contributed by atoms with Gasteiger partial charge >= 0.3 is 6.03 Å². The number of aromatic nitrogens is 2. The predicted molar refractivity (Wildman–Crippen MR) is 117 cm³/mol. The summed E-state index contributed by atoms with van der Waals surface area (Å²) in [5.74, 6) is -2.28. The fourth-order valence-corrected chi connectivity index (χ4v) is 3.93. The number of urea groups is 1. The molecule has 3 heterocycles. The third-order valence-corrected chi connectivity index (χ3v) is 5.61. The average Bonchev–Trinajstić information content (AvgIpc) is 3.23. The van der Waals surface area contributed by atoms with Gasteiger partial charge in [-0.1, -0.05) is 0 Å². The highest BCUT2D eigenvalue weighted by atomic mass is 19.1. The number of halogens is 2. The molecule has 1 aromatic carbocycles. The molecular weight excluding hydrogens is 454 g/mol. The summed E-state index contributed by atoms with van der Waals surface area (Å²) in [6, 6.07) is -0.163. The molecular formula is C21H24F2N6O5. The third kappa shape index (κ3) is 4.14. The highest BCUT2D eigenvalue weighted by Gasteiger charge is 2.36. The Balaban J connectivity index is 1.64. The SMILES string of the molecule is COc1cc(OC)c(F)c(N2Cc3cnc(NC4COCC4NC(C)=O)nc3N(C)C2=O)c1F. The Hall–Kier alpha value is -3.74. The number of ether oxygens (including phenoxy) is 3. The average molecular weight is 478 g/mol. The largest absolute Gasteiger partial charge is 0.493 e. The number of amides is 3. The van der Waals surface area contributed by atoms with Crippen LogP contribution >= 0.6 is 0 Å². The zero-order valence-corrected chi connectivity index (χ0v) is 19.0. The Morgan fingerprint density at radius 3 is 2.44 bits per heavy atom. The van der Waals surface area contributed by atoms with Crippen LogP contribution in [0.15, 0.2) is 12.3 Å². The first-order valence-corrected chi connectivity index (χ1v) is 10.4. The van der Waals surface area contributed by atoms with Gasteiger partial charge < -0.3 is 24.8 Å². The van der Waals surface area contributed by atoms with Crippen LogP contribution in [0.3, 0.4) is 0 Å². The summed E-state index contributed by atoms with van der Waals surface area (Å²) < 4.78 is 45.4. The molecule has 0 radical (unpaired) electrons. The van der Waals surface area contributed by atoms with Gasteiger partial charge in [-0.15, -0.1) is 0 Å². The Morgan fingerprint density at radius 1 is 1.18 bits per heavy atom. The second kappa shape index (κ2) is 9.25. The van der Waals surface area contributed by atoms with Crippen LogP contribution < -0.4 is 29.9 Å². The number of carbonyl (C=O) groups excluding carboxylic acids is 2. The van der Waals surface area contributed by atoms with Crippen molar-refractivity contribution in [2.75, 3.05) is 49.6 Å². The normalized spacial score (nSPS) is 19.6. The van der Waals surface area contributed by atoms with E-state index in [9.17, 15) is 9.59 Å². The van der Waals surface area contributed by atoms with Gasteiger partial charge in [-0.25, -0.2) is 18.6 Å². The van der Waals surface area contributed by atoms with E-state index >= 15 is 8.78 Å². The molecule has 2 atom stereocenters. The van der Waals surface area contributed by atoms with Crippen molar-refractivity contribution >= 4 is 29.4 Å². The van der Waals surface area contributed by atoms with E-state index in [0.29, 0.717) is 18.8 Å². The zero-order chi connectivity index (χ0) is 24.6. The number of carbonyl (C=O) groups is 2. The van der Waals surface area contributed by atoms with E-state index in [2.05, 4.69) is 20.6 Å². The van der Waals surface area contributed by atoms with Gasteiger partial charge in [0, 0.05) is 31.8 Å². The number of methoxy groups -OCH3 is 2. The van der Waals surface area contributed by atoms with Crippen molar-refractivity contribution in [3.05, 3.63) is 29.5 Å². The van der Waals surface area contributed by atoms with E-state index in [-0.39, 0.29) is 47.8 Å². The molecule has 4 rings (SSSR count). The van der Waals surface area contributed by atoms with Gasteiger partial charge in [0.2, 0.25) is 11.9 Å². The lowest BCUT2D eigenvalue weighted by atomic mass is 10.1. The maximum Gasteiger partial charge on any atom is 0.330 e. The summed E-state index contributed by atoms with van der Waals surface area (Å²) in [6.45, 7) is 1.92. The summed E-state index contributed by atoms with van der Waals surface area (Å²) in [5.41, 5.74) is -0.128. The molecule has 13 heteroatoms. The van der Waals surface area contributed by atoms with Gasteiger partial charge in [-0.2, -0.15) is 4.98 Å². The molecule has 2 N–H and O–H groups in total. The molecule has 34 heavy (non-hydrogen) atoms. The zero-order valence-electron chi connectivity index (χ0n) is 19.0. The molecule has 0 aliphatic carbocycles. The molecule has 182 valence electrons. The third-order valence-electron chi connectivity index (χ3n) is 5.61. The number of rotatable bonds is 6. The fraction of sp³-hybridized carbons (Fsp3) is 0.429. The number of nitrogens with zero attached hydrogens (tertiary/aromatic N) is 4. The lowest BCUT2D eigenvalue weighted by Gasteiger charge is -2.34. The molecule has 0 saturated carbocycles. The standard InChI is InChI=1S/C21H24F2N6O5/c1-10(30)25-12-8-34-9-13(12)26-20-24-6-11-7-29(21(31)28(2)19(11)27-20)18-16(22)14(32-3)5-15(33-4)17(18)23/h5-6,12-13H,7-9H2,1-4H3,(H,25,30)(H,24,26,27). The molecule has 2 unspecified atom stereocenters. The molecule has 11 nitrogen and oxygen atoms in total.